The Hall–Kier alpha value is 0.232. The summed E-state index contributed by atoms with van der Waals surface area (Å²) in [5.41, 5.74) is 0. The van der Waals surface area contributed by atoms with E-state index in [-0.39, 0.29) is 17.0 Å². The fraction of sp³-hybridized carbons (Fsp3) is 0.250. The average Bonchev–Trinajstić information content (AvgIpc) is 1.90. The van der Waals surface area contributed by atoms with E-state index >= 15 is 0 Å². The van der Waals surface area contributed by atoms with Gasteiger partial charge in [-0.15, -0.1) is 33.0 Å². The molecule has 0 heterocycles. The molecule has 0 unspecified atom stereocenters. The molecule has 0 aromatic heterocycles. The Morgan fingerprint density at radius 1 is 1.00 bits per heavy atom. The van der Waals surface area contributed by atoms with E-state index in [1.54, 1.807) is 4.43 Å². The summed E-state index contributed by atoms with van der Waals surface area (Å²) in [7, 11) is 0. The van der Waals surface area contributed by atoms with E-state index in [0.29, 0.717) is 0 Å². The van der Waals surface area contributed by atoms with Gasteiger partial charge in [-0.05, 0) is 0 Å². The smallest absolute Gasteiger partial charge is 0.114 e. The van der Waals surface area contributed by atoms with Crippen LogP contribution in [0.4, 0.5) is 0 Å². The van der Waals surface area contributed by atoms with Crippen LogP contribution in [0.15, 0.2) is 30.3 Å². The SMILES string of the molecule is Br.[CH3][Al]([CH3])[c]1ccccc1. The van der Waals surface area contributed by atoms with Crippen molar-refractivity contribution in [3.05, 3.63) is 30.3 Å². The molecule has 0 spiro atoms. The average molecular weight is 215 g/mol. The number of hydrogen-bond acceptors (Lipinski definition) is 0. The van der Waals surface area contributed by atoms with Gasteiger partial charge in [0.25, 0.3) is 14.1 Å². The Balaban J connectivity index is 0.000000810. The molecule has 54 valence electrons. The highest BCUT2D eigenvalue weighted by molar-refractivity contribution is 8.93. The topological polar surface area (TPSA) is 0 Å². The van der Waals surface area contributed by atoms with Gasteiger partial charge in [0.15, 0.2) is 0 Å². The molecular weight excluding hydrogens is 203 g/mol. The normalized spacial score (nSPS) is 8.20. The zero-order chi connectivity index (χ0) is 6.69. The van der Waals surface area contributed by atoms with Crippen molar-refractivity contribution in [1.29, 1.82) is 0 Å². The summed E-state index contributed by atoms with van der Waals surface area (Å²) in [6, 6.07) is 10.7. The molecule has 10 heavy (non-hydrogen) atoms. The Morgan fingerprint density at radius 3 is 1.80 bits per heavy atom. The lowest BCUT2D eigenvalue weighted by Crippen LogP contribution is -2.21. The Bertz CT molecular complexity index is 172. The second-order valence-corrected chi connectivity index (χ2v) is 5.54. The van der Waals surface area contributed by atoms with Crippen LogP contribution in [0.3, 0.4) is 0 Å². The van der Waals surface area contributed by atoms with E-state index in [1.165, 1.54) is 0 Å². The van der Waals surface area contributed by atoms with Gasteiger partial charge in [-0.2, -0.15) is 0 Å². The fourth-order valence-corrected chi connectivity index (χ4v) is 1.83. The molecule has 0 aliphatic carbocycles. The first-order chi connectivity index (χ1) is 4.30. The van der Waals surface area contributed by atoms with Gasteiger partial charge < -0.3 is 0 Å². The van der Waals surface area contributed by atoms with Crippen molar-refractivity contribution in [2.75, 3.05) is 0 Å². The summed E-state index contributed by atoms with van der Waals surface area (Å²) in [6.07, 6.45) is 0. The molecule has 2 heteroatoms. The highest BCUT2D eigenvalue weighted by atomic mass is 79.9. The van der Waals surface area contributed by atoms with Crippen LogP contribution in [-0.2, 0) is 0 Å². The summed E-state index contributed by atoms with van der Waals surface area (Å²) in [6.45, 7) is 0. The second kappa shape index (κ2) is 4.96. The van der Waals surface area contributed by atoms with Crippen LogP contribution in [0.2, 0.25) is 11.6 Å². The van der Waals surface area contributed by atoms with Crippen LogP contribution in [0.25, 0.3) is 0 Å². The van der Waals surface area contributed by atoms with Crippen molar-refractivity contribution in [1.82, 2.24) is 0 Å². The van der Waals surface area contributed by atoms with Crippen LogP contribution in [0, 0.1) is 0 Å². The van der Waals surface area contributed by atoms with Crippen LogP contribution < -0.4 is 4.43 Å². The molecule has 1 aromatic rings. The second-order valence-electron chi connectivity index (χ2n) is 2.57. The molecule has 0 aliphatic heterocycles. The summed E-state index contributed by atoms with van der Waals surface area (Å²) >= 11 is -0.529. The first-order valence-corrected chi connectivity index (χ1v) is 6.24. The third kappa shape index (κ3) is 2.88. The molecule has 1 aromatic carbocycles. The monoisotopic (exact) mass is 214 g/mol. The lowest BCUT2D eigenvalue weighted by atomic mass is 10.4. The van der Waals surface area contributed by atoms with E-state index in [2.05, 4.69) is 41.9 Å². The van der Waals surface area contributed by atoms with Gasteiger partial charge in [0.05, 0.1) is 0 Å². The highest BCUT2D eigenvalue weighted by Crippen LogP contribution is 1.85. The number of hydrogen-bond donors (Lipinski definition) is 0. The molecule has 0 amide bonds. The quantitative estimate of drug-likeness (QED) is 0.630. The van der Waals surface area contributed by atoms with Crippen molar-refractivity contribution >= 4 is 35.6 Å². The fourth-order valence-electron chi connectivity index (χ4n) is 0.838. The Kier molecular flexibility index (Phi) is 5.07. The van der Waals surface area contributed by atoms with Crippen molar-refractivity contribution < 1.29 is 0 Å². The summed E-state index contributed by atoms with van der Waals surface area (Å²) < 4.78 is 1.55. The van der Waals surface area contributed by atoms with Crippen molar-refractivity contribution in [2.24, 2.45) is 0 Å². The minimum atomic E-state index is -0.529. The first kappa shape index (κ1) is 10.2. The molecule has 0 radical (unpaired) electrons. The van der Waals surface area contributed by atoms with Crippen LogP contribution in [0.1, 0.15) is 0 Å². The Labute approximate surface area is 77.4 Å². The molecule has 1 rings (SSSR count). The van der Waals surface area contributed by atoms with E-state index in [0.717, 1.165) is 0 Å². The van der Waals surface area contributed by atoms with Crippen molar-refractivity contribution in [3.63, 3.8) is 0 Å². The van der Waals surface area contributed by atoms with Crippen LogP contribution in [-0.4, -0.2) is 14.1 Å². The van der Waals surface area contributed by atoms with Crippen LogP contribution in [0.5, 0.6) is 0 Å². The zero-order valence-electron chi connectivity index (χ0n) is 6.37. The lowest BCUT2D eigenvalue weighted by molar-refractivity contribution is 1.74. The molecule has 0 bridgehead atoms. The van der Waals surface area contributed by atoms with E-state index in [1.807, 2.05) is 0 Å². The van der Waals surface area contributed by atoms with E-state index in [9.17, 15) is 0 Å². The minimum Gasteiger partial charge on any atom is -0.114 e. The largest absolute Gasteiger partial charge is 0.299 e. The Morgan fingerprint density at radius 2 is 1.50 bits per heavy atom. The molecular formula is C8H12AlBr. The van der Waals surface area contributed by atoms with Gasteiger partial charge >= 0.3 is 0 Å². The molecule has 0 N–H and O–H groups in total. The van der Waals surface area contributed by atoms with Gasteiger partial charge in [0.2, 0.25) is 0 Å². The van der Waals surface area contributed by atoms with E-state index < -0.39 is 14.1 Å². The van der Waals surface area contributed by atoms with Gasteiger partial charge in [-0.25, -0.2) is 0 Å². The van der Waals surface area contributed by atoms with Gasteiger partial charge in [0.1, 0.15) is 0 Å². The first-order valence-electron chi connectivity index (χ1n) is 3.35. The predicted molar refractivity (Wildman–Crippen MR) is 53.9 cm³/mol. The number of halogens is 1. The molecule has 0 aliphatic rings. The molecule has 0 atom stereocenters. The standard InChI is InChI=1S/C6H5.2CH3.Al.BrH/c1-2-4-6-5-3-1;;;;/h1-5H;2*1H3;;1H. The molecule has 0 nitrogen and oxygen atoms in total. The van der Waals surface area contributed by atoms with E-state index in [4.69, 9.17) is 0 Å². The zero-order valence-corrected chi connectivity index (χ0v) is 9.24. The van der Waals surface area contributed by atoms with Gasteiger partial charge in [-0.1, -0.05) is 30.3 Å². The molecule has 0 saturated heterocycles. The van der Waals surface area contributed by atoms with Crippen molar-refractivity contribution in [3.8, 4) is 0 Å². The third-order valence-corrected chi connectivity index (χ3v) is 3.18. The van der Waals surface area contributed by atoms with Crippen LogP contribution >= 0.6 is 17.0 Å². The highest BCUT2D eigenvalue weighted by Gasteiger charge is 2.02. The molecule has 0 fully saturated rings. The summed E-state index contributed by atoms with van der Waals surface area (Å²) in [5.74, 6) is 4.69. The predicted octanol–water partition coefficient (Wildman–Crippen LogP) is 2.23. The lowest BCUT2D eigenvalue weighted by Gasteiger charge is -1.96. The number of rotatable bonds is 1. The van der Waals surface area contributed by atoms with Gasteiger partial charge in [0, 0.05) is 0 Å². The third-order valence-electron chi connectivity index (χ3n) is 1.47. The minimum absolute atomic E-state index is 0. The van der Waals surface area contributed by atoms with Crippen molar-refractivity contribution in [2.45, 2.75) is 11.6 Å². The maximum atomic E-state index is 2.34. The summed E-state index contributed by atoms with van der Waals surface area (Å²) in [4.78, 5) is 0. The van der Waals surface area contributed by atoms with Gasteiger partial charge in [-0.3, -0.25) is 0 Å². The maximum absolute atomic E-state index is 2.34. The maximum Gasteiger partial charge on any atom is 0.299 e. The molecule has 0 saturated carbocycles. The number of benzene rings is 1. The summed E-state index contributed by atoms with van der Waals surface area (Å²) in [5, 5.41) is 0.